The fraction of sp³-hybridized carbons (Fsp3) is 0.250. The van der Waals surface area contributed by atoms with E-state index in [1.165, 1.54) is 22.9 Å². The van der Waals surface area contributed by atoms with Gasteiger partial charge in [-0.05, 0) is 56.2 Å². The lowest BCUT2D eigenvalue weighted by Gasteiger charge is -2.20. The Labute approximate surface area is 157 Å². The maximum Gasteiger partial charge on any atom is 0.277 e. The van der Waals surface area contributed by atoms with Gasteiger partial charge in [0.25, 0.3) is 5.22 Å². The van der Waals surface area contributed by atoms with E-state index in [0.717, 1.165) is 11.3 Å². The Balaban J connectivity index is 1.70. The van der Waals surface area contributed by atoms with Crippen LogP contribution in [0.15, 0.2) is 58.2 Å². The molecular formula is C20H21N3O2S. The molecule has 0 saturated carbocycles. The number of nitrogens with zero attached hydrogens (tertiary/aromatic N) is 3. The zero-order valence-corrected chi connectivity index (χ0v) is 16.1. The maximum absolute atomic E-state index is 12.6. The van der Waals surface area contributed by atoms with Gasteiger partial charge in [0.05, 0.1) is 5.25 Å². The second-order valence-electron chi connectivity index (χ2n) is 6.17. The van der Waals surface area contributed by atoms with Crippen molar-refractivity contribution in [3.8, 4) is 11.5 Å². The van der Waals surface area contributed by atoms with Crippen LogP contribution in [0.3, 0.4) is 0 Å². The summed E-state index contributed by atoms with van der Waals surface area (Å²) in [6.45, 7) is 5.95. The minimum atomic E-state index is -0.340. The first-order valence-corrected chi connectivity index (χ1v) is 9.24. The molecule has 1 amide bonds. The number of carbonyl (C=O) groups is 1. The number of hydrogen-bond acceptors (Lipinski definition) is 5. The van der Waals surface area contributed by atoms with Gasteiger partial charge < -0.3 is 9.32 Å². The molecule has 0 radical (unpaired) electrons. The fourth-order valence-electron chi connectivity index (χ4n) is 2.50. The van der Waals surface area contributed by atoms with Crippen LogP contribution in [0, 0.1) is 13.8 Å². The lowest BCUT2D eigenvalue weighted by Crippen LogP contribution is -2.33. The molecule has 0 saturated heterocycles. The molecule has 2 aromatic carbocycles. The average Bonchev–Trinajstić information content (AvgIpc) is 3.12. The summed E-state index contributed by atoms with van der Waals surface area (Å²) >= 11 is 1.27. The van der Waals surface area contributed by atoms with Gasteiger partial charge in [-0.3, -0.25) is 4.79 Å². The average molecular weight is 367 g/mol. The summed E-state index contributed by atoms with van der Waals surface area (Å²) in [5.74, 6) is 0.443. The fourth-order valence-corrected chi connectivity index (χ4v) is 3.28. The number of amides is 1. The number of thioether (sulfide) groups is 1. The Bertz CT molecular complexity index is 908. The Hall–Kier alpha value is -2.60. The monoisotopic (exact) mass is 367 g/mol. The largest absolute Gasteiger partial charge is 0.411 e. The van der Waals surface area contributed by atoms with Gasteiger partial charge in [0, 0.05) is 18.3 Å². The zero-order valence-electron chi connectivity index (χ0n) is 15.3. The van der Waals surface area contributed by atoms with E-state index in [0.29, 0.717) is 11.1 Å². The van der Waals surface area contributed by atoms with Crippen molar-refractivity contribution in [3.05, 3.63) is 59.7 Å². The maximum atomic E-state index is 12.6. The molecule has 0 aliphatic rings. The van der Waals surface area contributed by atoms with E-state index in [2.05, 4.69) is 17.1 Å². The van der Waals surface area contributed by atoms with E-state index in [1.54, 1.807) is 11.9 Å². The number of carbonyl (C=O) groups excluding carboxylic acids is 1. The highest BCUT2D eigenvalue weighted by Gasteiger charge is 2.22. The number of anilines is 1. The summed E-state index contributed by atoms with van der Waals surface area (Å²) in [7, 11) is 1.77. The van der Waals surface area contributed by atoms with Gasteiger partial charge in [0.2, 0.25) is 11.8 Å². The standard InChI is InChI=1S/C20H21N3O2S/c1-13-10-11-16(12-14(13)2)18-21-22-20(25-18)26-15(3)19(24)23(4)17-8-6-5-7-9-17/h5-12,15H,1-4H3. The lowest BCUT2D eigenvalue weighted by atomic mass is 10.1. The number of aryl methyl sites for hydroxylation is 2. The number of rotatable bonds is 5. The zero-order chi connectivity index (χ0) is 18.7. The van der Waals surface area contributed by atoms with Crippen molar-refractivity contribution in [2.45, 2.75) is 31.2 Å². The van der Waals surface area contributed by atoms with Crippen LogP contribution in [0.2, 0.25) is 0 Å². The topological polar surface area (TPSA) is 59.2 Å². The molecule has 1 aromatic heterocycles. The van der Waals surface area contributed by atoms with Crippen molar-refractivity contribution < 1.29 is 9.21 Å². The van der Waals surface area contributed by atoms with Crippen LogP contribution >= 0.6 is 11.8 Å². The van der Waals surface area contributed by atoms with E-state index in [9.17, 15) is 4.79 Å². The predicted octanol–water partition coefficient (Wildman–Crippen LogP) is 4.50. The highest BCUT2D eigenvalue weighted by atomic mass is 32.2. The summed E-state index contributed by atoms with van der Waals surface area (Å²) in [5.41, 5.74) is 4.12. The van der Waals surface area contributed by atoms with Gasteiger partial charge >= 0.3 is 0 Å². The van der Waals surface area contributed by atoms with Crippen molar-refractivity contribution in [1.82, 2.24) is 10.2 Å². The van der Waals surface area contributed by atoms with Crippen molar-refractivity contribution in [3.63, 3.8) is 0 Å². The number of aromatic nitrogens is 2. The van der Waals surface area contributed by atoms with E-state index >= 15 is 0 Å². The van der Waals surface area contributed by atoms with Crippen LogP contribution in [0.5, 0.6) is 0 Å². The van der Waals surface area contributed by atoms with Gasteiger partial charge in [-0.1, -0.05) is 36.0 Å². The Morgan fingerprint density at radius 3 is 2.50 bits per heavy atom. The Kier molecular flexibility index (Phi) is 5.42. The van der Waals surface area contributed by atoms with Gasteiger partial charge in [0.15, 0.2) is 0 Å². The summed E-state index contributed by atoms with van der Waals surface area (Å²) in [4.78, 5) is 14.3. The molecule has 1 heterocycles. The molecule has 1 atom stereocenters. The van der Waals surface area contributed by atoms with E-state index in [1.807, 2.05) is 62.4 Å². The normalized spacial score (nSPS) is 12.0. The molecule has 26 heavy (non-hydrogen) atoms. The van der Waals surface area contributed by atoms with E-state index < -0.39 is 0 Å². The highest BCUT2D eigenvalue weighted by molar-refractivity contribution is 8.00. The van der Waals surface area contributed by atoms with E-state index in [4.69, 9.17) is 4.42 Å². The Morgan fingerprint density at radius 1 is 1.08 bits per heavy atom. The molecule has 0 fully saturated rings. The molecule has 3 rings (SSSR count). The number of para-hydroxylation sites is 1. The molecule has 5 nitrogen and oxygen atoms in total. The second-order valence-corrected chi connectivity index (χ2v) is 7.46. The highest BCUT2D eigenvalue weighted by Crippen LogP contribution is 2.28. The summed E-state index contributed by atoms with van der Waals surface area (Å²) in [6.07, 6.45) is 0. The molecule has 0 bridgehead atoms. The molecule has 0 N–H and O–H groups in total. The molecule has 0 spiro atoms. The minimum Gasteiger partial charge on any atom is -0.411 e. The molecule has 3 aromatic rings. The van der Waals surface area contributed by atoms with Crippen LogP contribution < -0.4 is 4.90 Å². The summed E-state index contributed by atoms with van der Waals surface area (Å²) < 4.78 is 5.74. The third kappa shape index (κ3) is 3.96. The third-order valence-corrected chi connectivity index (χ3v) is 5.18. The molecule has 1 unspecified atom stereocenters. The van der Waals surface area contributed by atoms with Crippen molar-refractivity contribution in [2.75, 3.05) is 11.9 Å². The van der Waals surface area contributed by atoms with Crippen LogP contribution in [-0.2, 0) is 4.79 Å². The first-order chi connectivity index (χ1) is 12.5. The van der Waals surface area contributed by atoms with Gasteiger partial charge in [0.1, 0.15) is 0 Å². The Morgan fingerprint density at radius 2 is 1.81 bits per heavy atom. The van der Waals surface area contributed by atoms with Gasteiger partial charge in [-0.15, -0.1) is 10.2 Å². The van der Waals surface area contributed by atoms with Crippen LogP contribution in [0.25, 0.3) is 11.5 Å². The molecule has 6 heteroatoms. The summed E-state index contributed by atoms with van der Waals surface area (Å²) in [6, 6.07) is 15.6. The van der Waals surface area contributed by atoms with E-state index in [-0.39, 0.29) is 11.2 Å². The third-order valence-electron chi connectivity index (χ3n) is 4.26. The summed E-state index contributed by atoms with van der Waals surface area (Å²) in [5, 5.41) is 8.23. The first kappa shape index (κ1) is 18.2. The molecule has 134 valence electrons. The van der Waals surface area contributed by atoms with Crippen molar-refractivity contribution >= 4 is 23.4 Å². The lowest BCUT2D eigenvalue weighted by molar-refractivity contribution is -0.117. The molecular weight excluding hydrogens is 346 g/mol. The second kappa shape index (κ2) is 7.74. The minimum absolute atomic E-state index is 0.0212. The van der Waals surface area contributed by atoms with Crippen LogP contribution in [-0.4, -0.2) is 28.4 Å². The predicted molar refractivity (Wildman–Crippen MR) is 104 cm³/mol. The first-order valence-electron chi connectivity index (χ1n) is 8.36. The number of hydrogen-bond donors (Lipinski definition) is 0. The van der Waals surface area contributed by atoms with Gasteiger partial charge in [-0.25, -0.2) is 0 Å². The van der Waals surface area contributed by atoms with Crippen LogP contribution in [0.4, 0.5) is 5.69 Å². The van der Waals surface area contributed by atoms with Crippen LogP contribution in [0.1, 0.15) is 18.1 Å². The smallest absolute Gasteiger partial charge is 0.277 e. The quantitative estimate of drug-likeness (QED) is 0.622. The van der Waals surface area contributed by atoms with Crippen molar-refractivity contribution in [1.29, 1.82) is 0 Å². The molecule has 0 aliphatic carbocycles. The molecule has 0 aliphatic heterocycles. The van der Waals surface area contributed by atoms with Crippen molar-refractivity contribution in [2.24, 2.45) is 0 Å². The SMILES string of the molecule is Cc1ccc(-c2nnc(SC(C)C(=O)N(C)c3ccccc3)o2)cc1C. The number of benzene rings is 2. The van der Waals surface area contributed by atoms with Gasteiger partial charge in [-0.2, -0.15) is 0 Å².